The number of aliphatic hydroxyl groups is 1. The monoisotopic (exact) mass is 603 g/mol. The van der Waals surface area contributed by atoms with Crippen LogP contribution < -0.4 is 9.47 Å². The number of ether oxygens (including phenoxy) is 2. The molecule has 9 nitrogen and oxygen atoms in total. The number of benzene rings is 2. The molecule has 2 atom stereocenters. The number of carbonyl (C=O) groups excluding carboxylic acids is 1. The zero-order chi connectivity index (χ0) is 30.5. The van der Waals surface area contributed by atoms with Crippen LogP contribution in [0.1, 0.15) is 53.6 Å². The Kier molecular flexibility index (Phi) is 9.69. The van der Waals surface area contributed by atoms with Gasteiger partial charge in [-0.15, -0.1) is 0 Å². The zero-order valence-corrected chi connectivity index (χ0v) is 25.4. The second-order valence-electron chi connectivity index (χ2n) is 12.0. The molecule has 0 radical (unpaired) electrons. The third-order valence-corrected chi connectivity index (χ3v) is 9.03. The number of amides is 1. The highest BCUT2D eigenvalue weighted by Crippen LogP contribution is 2.41. The normalized spacial score (nSPS) is 20.9. The van der Waals surface area contributed by atoms with E-state index in [1.807, 2.05) is 17.0 Å². The highest BCUT2D eigenvalue weighted by molar-refractivity contribution is 5.76. The Morgan fingerprint density at radius 1 is 0.977 bits per heavy atom. The summed E-state index contributed by atoms with van der Waals surface area (Å²) in [7, 11) is 1.61. The Hall–Kier alpha value is -3.60. The van der Waals surface area contributed by atoms with Crippen LogP contribution in [-0.2, 0) is 11.3 Å². The number of nitrogens with zero attached hydrogens (tertiary/aromatic N) is 5. The van der Waals surface area contributed by atoms with E-state index in [1.165, 1.54) is 11.1 Å². The van der Waals surface area contributed by atoms with E-state index >= 15 is 0 Å². The van der Waals surface area contributed by atoms with Crippen LogP contribution in [-0.4, -0.2) is 107 Å². The number of hydrogen-bond donors (Lipinski definition) is 1. The summed E-state index contributed by atoms with van der Waals surface area (Å²) in [4.78, 5) is 29.2. The predicted octanol–water partition coefficient (Wildman–Crippen LogP) is 3.62. The maximum Gasteiger partial charge on any atom is 0.225 e. The largest absolute Gasteiger partial charge is 0.481 e. The number of aliphatic hydroxyl groups excluding tert-OH is 1. The molecule has 3 aliphatic rings. The van der Waals surface area contributed by atoms with Crippen molar-refractivity contribution in [2.24, 2.45) is 0 Å². The fourth-order valence-corrected chi connectivity index (χ4v) is 6.84. The first-order chi connectivity index (χ1) is 21.6. The first-order valence-electron chi connectivity index (χ1n) is 15.7. The van der Waals surface area contributed by atoms with Gasteiger partial charge in [-0.1, -0.05) is 60.7 Å². The van der Waals surface area contributed by atoms with Crippen molar-refractivity contribution in [1.29, 1.82) is 0 Å². The average Bonchev–Trinajstić information content (AvgIpc) is 3.91. The number of fused-ring (bicyclic) bond motifs is 1. The average molecular weight is 604 g/mol. The van der Waals surface area contributed by atoms with Gasteiger partial charge in [-0.2, -0.15) is 9.97 Å². The number of alkyl halides is 1. The molecule has 0 unspecified atom stereocenters. The third-order valence-electron chi connectivity index (χ3n) is 9.03. The highest BCUT2D eigenvalue weighted by atomic mass is 19.1. The summed E-state index contributed by atoms with van der Waals surface area (Å²) in [6, 6.07) is 21.4. The summed E-state index contributed by atoms with van der Waals surface area (Å²) in [5.74, 6) is 1.93. The Labute approximate surface area is 258 Å². The molecule has 2 aliphatic heterocycles. The SMILES string of the molecule is COc1nc(C2CC2)nc(OCCF)c1CN1C[C@@H]2CN(C(=O)CCO)CCN2[C@H](C(c2ccccc2)c2ccccc2)C1. The van der Waals surface area contributed by atoms with E-state index in [4.69, 9.17) is 19.4 Å². The van der Waals surface area contributed by atoms with E-state index in [2.05, 4.69) is 58.3 Å². The molecular weight excluding hydrogens is 561 g/mol. The molecule has 234 valence electrons. The fourth-order valence-electron chi connectivity index (χ4n) is 6.84. The number of halogens is 1. The van der Waals surface area contributed by atoms with E-state index in [0.29, 0.717) is 49.7 Å². The molecule has 0 spiro atoms. The van der Waals surface area contributed by atoms with Crippen molar-refractivity contribution < 1.29 is 23.8 Å². The van der Waals surface area contributed by atoms with Gasteiger partial charge in [0.15, 0.2) is 0 Å². The van der Waals surface area contributed by atoms with Gasteiger partial charge < -0.3 is 19.5 Å². The first-order valence-corrected chi connectivity index (χ1v) is 15.7. The minimum Gasteiger partial charge on any atom is -0.481 e. The number of methoxy groups -OCH3 is 1. The molecule has 3 aromatic rings. The van der Waals surface area contributed by atoms with Crippen molar-refractivity contribution >= 4 is 5.91 Å². The topological polar surface area (TPSA) is 91.3 Å². The van der Waals surface area contributed by atoms with Crippen molar-refractivity contribution in [2.75, 3.05) is 59.7 Å². The molecule has 44 heavy (non-hydrogen) atoms. The van der Waals surface area contributed by atoms with Crippen LogP contribution >= 0.6 is 0 Å². The molecule has 1 N–H and O–H groups in total. The molecule has 10 heteroatoms. The lowest BCUT2D eigenvalue weighted by molar-refractivity contribution is -0.137. The van der Waals surface area contributed by atoms with E-state index in [1.54, 1.807) is 7.11 Å². The summed E-state index contributed by atoms with van der Waals surface area (Å²) < 4.78 is 24.9. The molecule has 3 fully saturated rings. The van der Waals surface area contributed by atoms with Gasteiger partial charge in [0.05, 0.1) is 19.3 Å². The highest BCUT2D eigenvalue weighted by Gasteiger charge is 2.43. The van der Waals surface area contributed by atoms with Crippen LogP contribution in [0.2, 0.25) is 0 Å². The van der Waals surface area contributed by atoms with E-state index in [9.17, 15) is 14.3 Å². The third kappa shape index (κ3) is 6.72. The fraction of sp³-hybridized carbons (Fsp3) is 0.500. The number of aromatic nitrogens is 2. The lowest BCUT2D eigenvalue weighted by atomic mass is 9.81. The van der Waals surface area contributed by atoms with Crippen LogP contribution in [0.3, 0.4) is 0 Å². The van der Waals surface area contributed by atoms with Gasteiger partial charge in [0, 0.05) is 69.6 Å². The van der Waals surface area contributed by atoms with Crippen LogP contribution in [0.25, 0.3) is 0 Å². The zero-order valence-electron chi connectivity index (χ0n) is 25.4. The van der Waals surface area contributed by atoms with Crippen molar-refractivity contribution in [3.05, 3.63) is 83.2 Å². The summed E-state index contributed by atoms with van der Waals surface area (Å²) in [5, 5.41) is 9.44. The molecule has 2 aromatic carbocycles. The van der Waals surface area contributed by atoms with Crippen LogP contribution in [0.5, 0.6) is 11.8 Å². The van der Waals surface area contributed by atoms with Crippen LogP contribution in [0.4, 0.5) is 4.39 Å². The Morgan fingerprint density at radius 2 is 1.66 bits per heavy atom. The first kappa shape index (κ1) is 30.4. The molecule has 1 aliphatic carbocycles. The standard InChI is InChI=1S/C34H42FN5O4/c1-43-33-28(34(44-19-15-35)37-32(36-33)26-12-13-26)22-38-20-27-21-39(30(42)14-18-41)16-17-40(27)29(23-38)31(24-8-4-2-5-9-24)25-10-6-3-7-11-25/h2-11,26-27,29,31,41H,12-23H2,1H3/t27-,29+/m1/s1. The maximum absolute atomic E-state index is 13.3. The molecule has 1 amide bonds. The Balaban J connectivity index is 1.37. The quantitative estimate of drug-likeness (QED) is 0.336. The van der Waals surface area contributed by atoms with Gasteiger partial charge >= 0.3 is 0 Å². The second-order valence-corrected chi connectivity index (χ2v) is 12.0. The number of hydrogen-bond acceptors (Lipinski definition) is 8. The lowest BCUT2D eigenvalue weighted by Gasteiger charge is -2.53. The molecule has 0 bridgehead atoms. The van der Waals surface area contributed by atoms with Crippen LogP contribution in [0.15, 0.2) is 60.7 Å². The smallest absolute Gasteiger partial charge is 0.225 e. The Bertz CT molecular complexity index is 1350. The second kappa shape index (κ2) is 14.0. The minimum absolute atomic E-state index is 0.0175. The summed E-state index contributed by atoms with van der Waals surface area (Å²) >= 11 is 0. The minimum atomic E-state index is -0.610. The molecule has 1 saturated carbocycles. The van der Waals surface area contributed by atoms with Gasteiger partial charge in [0.25, 0.3) is 0 Å². The molecule has 1 aromatic heterocycles. The van der Waals surface area contributed by atoms with Crippen molar-refractivity contribution in [1.82, 2.24) is 24.7 Å². The molecule has 3 heterocycles. The van der Waals surface area contributed by atoms with E-state index < -0.39 is 6.67 Å². The predicted molar refractivity (Wildman–Crippen MR) is 165 cm³/mol. The number of rotatable bonds is 12. The van der Waals surface area contributed by atoms with Crippen molar-refractivity contribution in [2.45, 2.75) is 49.7 Å². The van der Waals surface area contributed by atoms with Gasteiger partial charge in [-0.3, -0.25) is 14.6 Å². The van der Waals surface area contributed by atoms with Crippen molar-refractivity contribution in [3.8, 4) is 11.8 Å². The Morgan fingerprint density at radius 3 is 2.27 bits per heavy atom. The van der Waals surface area contributed by atoms with Crippen molar-refractivity contribution in [3.63, 3.8) is 0 Å². The number of piperazine rings is 2. The lowest BCUT2D eigenvalue weighted by Crippen LogP contribution is -2.67. The van der Waals surface area contributed by atoms with Gasteiger partial charge in [0.1, 0.15) is 19.1 Å². The van der Waals surface area contributed by atoms with Gasteiger partial charge in [0.2, 0.25) is 17.7 Å². The summed E-state index contributed by atoms with van der Waals surface area (Å²) in [6.07, 6.45) is 2.19. The van der Waals surface area contributed by atoms with E-state index in [0.717, 1.165) is 31.5 Å². The summed E-state index contributed by atoms with van der Waals surface area (Å²) in [6.45, 7) is 3.07. The van der Waals surface area contributed by atoms with Crippen LogP contribution in [0, 0.1) is 0 Å². The van der Waals surface area contributed by atoms with E-state index in [-0.39, 0.29) is 43.5 Å². The van der Waals surface area contributed by atoms with Gasteiger partial charge in [-0.25, -0.2) is 4.39 Å². The number of carbonyl (C=O) groups is 1. The molecule has 6 rings (SSSR count). The maximum atomic E-state index is 13.3. The molecule has 2 saturated heterocycles. The summed E-state index contributed by atoms with van der Waals surface area (Å²) in [5.41, 5.74) is 3.20. The molecular formula is C34H42FN5O4. The van der Waals surface area contributed by atoms with Gasteiger partial charge in [-0.05, 0) is 24.0 Å².